The number of rotatable bonds is 17. The van der Waals surface area contributed by atoms with Gasteiger partial charge in [-0.15, -0.1) is 0 Å². The highest BCUT2D eigenvalue weighted by molar-refractivity contribution is 4.40. The van der Waals surface area contributed by atoms with E-state index in [4.69, 9.17) is 28.7 Å². The molecule has 0 spiro atoms. The van der Waals surface area contributed by atoms with E-state index in [1.807, 2.05) is 0 Å². The van der Waals surface area contributed by atoms with Gasteiger partial charge in [-0.1, -0.05) is 27.7 Å². The predicted octanol–water partition coefficient (Wildman–Crippen LogP) is 2.31. The fourth-order valence-electron chi connectivity index (χ4n) is 1.38. The fraction of sp³-hybridized carbons (Fsp3) is 1.00. The monoisotopic (exact) mass is 322 g/mol. The third-order valence-electron chi connectivity index (χ3n) is 2.35. The zero-order valence-corrected chi connectivity index (χ0v) is 14.7. The van der Waals surface area contributed by atoms with Crippen molar-refractivity contribution in [3.8, 4) is 0 Å². The molecule has 0 fully saturated rings. The lowest BCUT2D eigenvalue weighted by Gasteiger charge is -2.08. The molecule has 0 aliphatic heterocycles. The summed E-state index contributed by atoms with van der Waals surface area (Å²) >= 11 is 0. The fourth-order valence-corrected chi connectivity index (χ4v) is 1.38. The molecule has 0 aromatic carbocycles. The number of hydrogen-bond acceptors (Lipinski definition) is 6. The summed E-state index contributed by atoms with van der Waals surface area (Å²) in [5.41, 5.74) is 0. The summed E-state index contributed by atoms with van der Waals surface area (Å²) in [6, 6.07) is 0. The summed E-state index contributed by atoms with van der Waals surface area (Å²) in [6.07, 6.45) is 0. The highest BCUT2D eigenvalue weighted by atomic mass is 17.2. The molecule has 22 heavy (non-hydrogen) atoms. The van der Waals surface area contributed by atoms with Crippen LogP contribution >= 0.6 is 0 Å². The van der Waals surface area contributed by atoms with Crippen LogP contribution in [0.5, 0.6) is 0 Å². The quantitative estimate of drug-likeness (QED) is 0.233. The normalized spacial score (nSPS) is 11.7. The second-order valence-corrected chi connectivity index (χ2v) is 5.81. The zero-order chi connectivity index (χ0) is 16.5. The van der Waals surface area contributed by atoms with E-state index in [1.165, 1.54) is 0 Å². The van der Waals surface area contributed by atoms with Gasteiger partial charge in [-0.05, 0) is 11.8 Å². The smallest absolute Gasteiger partial charge is 0.106 e. The van der Waals surface area contributed by atoms with E-state index in [0.29, 0.717) is 64.7 Å². The van der Waals surface area contributed by atoms with Gasteiger partial charge in [0.2, 0.25) is 0 Å². The van der Waals surface area contributed by atoms with Crippen molar-refractivity contribution in [2.24, 2.45) is 11.8 Å². The van der Waals surface area contributed by atoms with Gasteiger partial charge in [0.1, 0.15) is 13.2 Å². The van der Waals surface area contributed by atoms with Gasteiger partial charge in [-0.25, -0.2) is 9.78 Å². The Morgan fingerprint density at radius 2 is 0.773 bits per heavy atom. The molecule has 0 radical (unpaired) electrons. The van der Waals surface area contributed by atoms with E-state index in [1.54, 1.807) is 0 Å². The topological polar surface area (TPSA) is 55.4 Å². The average molecular weight is 322 g/mol. The summed E-state index contributed by atoms with van der Waals surface area (Å²) in [7, 11) is 0. The number of hydrogen-bond donors (Lipinski definition) is 0. The van der Waals surface area contributed by atoms with Gasteiger partial charge in [0.05, 0.1) is 39.6 Å². The van der Waals surface area contributed by atoms with Crippen LogP contribution in [0, 0.1) is 11.8 Å². The van der Waals surface area contributed by atoms with Crippen molar-refractivity contribution >= 4 is 0 Å². The second kappa shape index (κ2) is 17.1. The van der Waals surface area contributed by atoms with Gasteiger partial charge in [-0.3, -0.25) is 0 Å². The standard InChI is InChI=1S/C16H34O6/c1-15(2)13-19-7-5-17-9-11-21-22-12-10-18-6-8-20-14-16(3)4/h15-16H,5-14H2,1-4H3. The minimum atomic E-state index is 0.404. The molecule has 0 bridgehead atoms. The van der Waals surface area contributed by atoms with Crippen LogP contribution in [0.2, 0.25) is 0 Å². The van der Waals surface area contributed by atoms with Crippen LogP contribution in [0.15, 0.2) is 0 Å². The summed E-state index contributed by atoms with van der Waals surface area (Å²) in [4.78, 5) is 9.92. The molecule has 6 heteroatoms. The lowest BCUT2D eigenvalue weighted by molar-refractivity contribution is -0.303. The van der Waals surface area contributed by atoms with E-state index in [9.17, 15) is 0 Å². The first-order chi connectivity index (χ1) is 10.6. The summed E-state index contributed by atoms with van der Waals surface area (Å²) in [6.45, 7) is 14.2. The Morgan fingerprint density at radius 3 is 1.14 bits per heavy atom. The Bertz CT molecular complexity index is 189. The third kappa shape index (κ3) is 19.8. The van der Waals surface area contributed by atoms with Gasteiger partial charge in [0.15, 0.2) is 0 Å². The van der Waals surface area contributed by atoms with Gasteiger partial charge in [-0.2, -0.15) is 0 Å². The molecule has 0 N–H and O–H groups in total. The maximum absolute atomic E-state index is 5.38. The SMILES string of the molecule is CC(C)COCCOCCOOCCOCCOCC(C)C. The first-order valence-corrected chi connectivity index (χ1v) is 8.18. The van der Waals surface area contributed by atoms with Crippen molar-refractivity contribution in [2.45, 2.75) is 27.7 Å². The van der Waals surface area contributed by atoms with Gasteiger partial charge >= 0.3 is 0 Å². The van der Waals surface area contributed by atoms with Crippen LogP contribution in [-0.4, -0.2) is 66.1 Å². The van der Waals surface area contributed by atoms with Gasteiger partial charge in [0, 0.05) is 13.2 Å². The van der Waals surface area contributed by atoms with Crippen molar-refractivity contribution < 1.29 is 28.7 Å². The molecule has 0 heterocycles. The first kappa shape index (κ1) is 21.8. The molecule has 0 aliphatic carbocycles. The van der Waals surface area contributed by atoms with Crippen molar-refractivity contribution in [2.75, 3.05) is 66.1 Å². The maximum Gasteiger partial charge on any atom is 0.106 e. The molecule has 134 valence electrons. The van der Waals surface area contributed by atoms with Gasteiger partial charge in [0.25, 0.3) is 0 Å². The molecule has 0 saturated heterocycles. The second-order valence-electron chi connectivity index (χ2n) is 5.81. The minimum Gasteiger partial charge on any atom is -0.379 e. The molecule has 0 aromatic rings. The molecule has 0 atom stereocenters. The Balaban J connectivity index is 2.97. The molecule has 0 amide bonds. The van der Waals surface area contributed by atoms with Gasteiger partial charge < -0.3 is 18.9 Å². The van der Waals surface area contributed by atoms with E-state index in [0.717, 1.165) is 13.2 Å². The van der Waals surface area contributed by atoms with Crippen molar-refractivity contribution in [1.82, 2.24) is 0 Å². The Hall–Kier alpha value is -0.240. The average Bonchev–Trinajstić information content (AvgIpc) is 2.46. The van der Waals surface area contributed by atoms with Crippen molar-refractivity contribution in [3.05, 3.63) is 0 Å². The van der Waals surface area contributed by atoms with Crippen LogP contribution < -0.4 is 0 Å². The van der Waals surface area contributed by atoms with E-state index >= 15 is 0 Å². The lowest BCUT2D eigenvalue weighted by Crippen LogP contribution is -2.13. The molecule has 0 aromatic heterocycles. The zero-order valence-electron chi connectivity index (χ0n) is 14.7. The van der Waals surface area contributed by atoms with Crippen LogP contribution in [0.25, 0.3) is 0 Å². The van der Waals surface area contributed by atoms with E-state index < -0.39 is 0 Å². The molecule has 0 aliphatic rings. The van der Waals surface area contributed by atoms with E-state index in [-0.39, 0.29) is 0 Å². The summed E-state index contributed by atoms with van der Waals surface area (Å²) < 4.78 is 21.4. The van der Waals surface area contributed by atoms with Crippen molar-refractivity contribution in [1.29, 1.82) is 0 Å². The molecular formula is C16H34O6. The highest BCUT2D eigenvalue weighted by Crippen LogP contribution is 1.93. The first-order valence-electron chi connectivity index (χ1n) is 8.18. The van der Waals surface area contributed by atoms with E-state index in [2.05, 4.69) is 27.7 Å². The van der Waals surface area contributed by atoms with Crippen LogP contribution in [0.3, 0.4) is 0 Å². The predicted molar refractivity (Wildman–Crippen MR) is 84.9 cm³/mol. The Labute approximate surface area is 135 Å². The Morgan fingerprint density at radius 1 is 0.455 bits per heavy atom. The maximum atomic E-state index is 5.38. The lowest BCUT2D eigenvalue weighted by atomic mass is 10.2. The van der Waals surface area contributed by atoms with Crippen LogP contribution in [0.1, 0.15) is 27.7 Å². The largest absolute Gasteiger partial charge is 0.379 e. The molecule has 0 saturated carbocycles. The summed E-state index contributed by atoms with van der Waals surface area (Å²) in [5.74, 6) is 1.11. The summed E-state index contributed by atoms with van der Waals surface area (Å²) in [5, 5.41) is 0. The minimum absolute atomic E-state index is 0.404. The Kier molecular flexibility index (Phi) is 16.9. The molecular weight excluding hydrogens is 288 g/mol. The third-order valence-corrected chi connectivity index (χ3v) is 2.35. The molecule has 0 unspecified atom stereocenters. The number of ether oxygens (including phenoxy) is 4. The molecule has 0 rings (SSSR count). The molecule has 6 nitrogen and oxygen atoms in total. The van der Waals surface area contributed by atoms with Crippen LogP contribution in [0.4, 0.5) is 0 Å². The van der Waals surface area contributed by atoms with Crippen molar-refractivity contribution in [3.63, 3.8) is 0 Å². The highest BCUT2D eigenvalue weighted by Gasteiger charge is 1.96. The van der Waals surface area contributed by atoms with Crippen LogP contribution in [-0.2, 0) is 28.7 Å².